The van der Waals surface area contributed by atoms with Crippen LogP contribution in [0.5, 0.6) is 11.5 Å². The molecule has 0 atom stereocenters. The van der Waals surface area contributed by atoms with Gasteiger partial charge in [0, 0.05) is 10.8 Å². The molecule has 0 radical (unpaired) electrons. The zero-order valence-corrected chi connectivity index (χ0v) is 18.5. The molecule has 3 aromatic carbocycles. The minimum atomic E-state index is -0.922. The fourth-order valence-corrected chi connectivity index (χ4v) is 5.25. The zero-order valence-electron chi connectivity index (χ0n) is 18.5. The first-order valence-electron chi connectivity index (χ1n) is 11.2. The standard InChI is InChI=1S/C27H30O4/c1-4-6-12-27(13-7-5-2)22-11-8-17(26(29)30)14-21(22)25-19-10-9-18(31-3)15-20(19)24(28)16-23(25)27/h8-11,14-16,28H,4-7,12-13H2,1-3H3,(H,29,30). The first-order valence-corrected chi connectivity index (χ1v) is 11.2. The van der Waals surface area contributed by atoms with Crippen LogP contribution in [0.15, 0.2) is 42.5 Å². The van der Waals surface area contributed by atoms with E-state index in [-0.39, 0.29) is 11.2 Å². The van der Waals surface area contributed by atoms with Gasteiger partial charge in [-0.2, -0.15) is 0 Å². The molecule has 0 unspecified atom stereocenters. The number of unbranched alkanes of at least 4 members (excludes halogenated alkanes) is 2. The van der Waals surface area contributed by atoms with E-state index in [4.69, 9.17) is 4.74 Å². The van der Waals surface area contributed by atoms with Crippen LogP contribution >= 0.6 is 0 Å². The van der Waals surface area contributed by atoms with Gasteiger partial charge in [0.1, 0.15) is 11.5 Å². The molecule has 31 heavy (non-hydrogen) atoms. The van der Waals surface area contributed by atoms with E-state index in [1.165, 1.54) is 5.56 Å². The van der Waals surface area contributed by atoms with Crippen molar-refractivity contribution < 1.29 is 19.7 Å². The third kappa shape index (κ3) is 3.34. The number of aromatic hydroxyl groups is 1. The Hall–Kier alpha value is -3.01. The molecule has 0 heterocycles. The number of carboxylic acid groups (broad SMARTS) is 1. The van der Waals surface area contributed by atoms with E-state index in [0.717, 1.165) is 66.0 Å². The zero-order chi connectivity index (χ0) is 22.2. The van der Waals surface area contributed by atoms with Gasteiger partial charge in [0.2, 0.25) is 0 Å². The molecule has 1 aliphatic rings. The normalized spacial score (nSPS) is 13.8. The minimum absolute atomic E-state index is 0.209. The number of phenolic OH excluding ortho intramolecular Hbond substituents is 1. The Morgan fingerprint density at radius 3 is 2.26 bits per heavy atom. The van der Waals surface area contributed by atoms with E-state index < -0.39 is 5.97 Å². The van der Waals surface area contributed by atoms with Crippen LogP contribution in [0.4, 0.5) is 0 Å². The van der Waals surface area contributed by atoms with Crippen molar-refractivity contribution in [2.45, 2.75) is 57.8 Å². The topological polar surface area (TPSA) is 66.8 Å². The average molecular weight is 419 g/mol. The number of carboxylic acids is 1. The number of carbonyl (C=O) groups is 1. The third-order valence-electron chi connectivity index (χ3n) is 6.80. The fraction of sp³-hybridized carbons (Fsp3) is 0.370. The number of fused-ring (bicyclic) bond motifs is 5. The average Bonchev–Trinajstić information content (AvgIpc) is 3.05. The lowest BCUT2D eigenvalue weighted by Gasteiger charge is -2.33. The maximum Gasteiger partial charge on any atom is 0.335 e. The van der Waals surface area contributed by atoms with Crippen LogP contribution < -0.4 is 4.74 Å². The molecule has 0 spiro atoms. The van der Waals surface area contributed by atoms with Crippen LogP contribution in [-0.4, -0.2) is 23.3 Å². The van der Waals surface area contributed by atoms with Crippen LogP contribution in [0.3, 0.4) is 0 Å². The smallest absolute Gasteiger partial charge is 0.335 e. The molecule has 0 aromatic heterocycles. The van der Waals surface area contributed by atoms with E-state index in [9.17, 15) is 15.0 Å². The Labute approximate surface area is 183 Å². The molecule has 162 valence electrons. The van der Waals surface area contributed by atoms with Crippen molar-refractivity contribution in [1.29, 1.82) is 0 Å². The summed E-state index contributed by atoms with van der Waals surface area (Å²) in [6.45, 7) is 4.39. The summed E-state index contributed by atoms with van der Waals surface area (Å²) in [5.41, 5.74) is 4.44. The third-order valence-corrected chi connectivity index (χ3v) is 6.80. The number of hydrogen-bond acceptors (Lipinski definition) is 3. The molecule has 0 amide bonds. The molecule has 0 aliphatic heterocycles. The number of ether oxygens (including phenoxy) is 1. The van der Waals surface area contributed by atoms with Gasteiger partial charge in [-0.1, -0.05) is 45.6 Å². The summed E-state index contributed by atoms with van der Waals surface area (Å²) in [7, 11) is 1.61. The van der Waals surface area contributed by atoms with Crippen molar-refractivity contribution in [2.75, 3.05) is 7.11 Å². The van der Waals surface area contributed by atoms with Gasteiger partial charge in [0.15, 0.2) is 0 Å². The van der Waals surface area contributed by atoms with Gasteiger partial charge in [-0.15, -0.1) is 0 Å². The lowest BCUT2D eigenvalue weighted by Crippen LogP contribution is -2.25. The molecule has 0 saturated heterocycles. The number of aromatic carboxylic acids is 1. The van der Waals surface area contributed by atoms with Gasteiger partial charge in [0.25, 0.3) is 0 Å². The summed E-state index contributed by atoms with van der Waals surface area (Å²) in [5.74, 6) is 0.00786. The van der Waals surface area contributed by atoms with Crippen LogP contribution in [-0.2, 0) is 5.41 Å². The molecule has 4 nitrogen and oxygen atoms in total. The highest BCUT2D eigenvalue weighted by Gasteiger charge is 2.43. The predicted molar refractivity (Wildman–Crippen MR) is 124 cm³/mol. The number of benzene rings is 3. The van der Waals surface area contributed by atoms with Crippen molar-refractivity contribution in [1.82, 2.24) is 0 Å². The van der Waals surface area contributed by atoms with Crippen molar-refractivity contribution in [2.24, 2.45) is 0 Å². The highest BCUT2D eigenvalue weighted by molar-refractivity contribution is 6.06. The molecule has 4 rings (SSSR count). The molecule has 0 bridgehead atoms. The summed E-state index contributed by atoms with van der Waals surface area (Å²) in [6.07, 6.45) is 6.29. The molecule has 0 saturated carbocycles. The highest BCUT2D eigenvalue weighted by atomic mass is 16.5. The second-order valence-corrected chi connectivity index (χ2v) is 8.58. The Kier molecular flexibility index (Phi) is 5.65. The summed E-state index contributed by atoms with van der Waals surface area (Å²) >= 11 is 0. The molecular weight excluding hydrogens is 388 g/mol. The van der Waals surface area contributed by atoms with Gasteiger partial charge >= 0.3 is 5.97 Å². The van der Waals surface area contributed by atoms with Gasteiger partial charge in [-0.3, -0.25) is 0 Å². The number of phenols is 1. The molecule has 2 N–H and O–H groups in total. The Morgan fingerprint density at radius 2 is 1.65 bits per heavy atom. The number of methoxy groups -OCH3 is 1. The summed E-state index contributed by atoms with van der Waals surface area (Å²) in [6, 6.07) is 13.2. The minimum Gasteiger partial charge on any atom is -0.507 e. The molecule has 1 aliphatic carbocycles. The van der Waals surface area contributed by atoms with Gasteiger partial charge < -0.3 is 14.9 Å². The maximum absolute atomic E-state index is 11.8. The second-order valence-electron chi connectivity index (χ2n) is 8.58. The summed E-state index contributed by atoms with van der Waals surface area (Å²) in [5, 5.41) is 22.3. The molecule has 0 fully saturated rings. The van der Waals surface area contributed by atoms with Crippen molar-refractivity contribution in [3.8, 4) is 22.6 Å². The number of hydrogen-bond donors (Lipinski definition) is 2. The van der Waals surface area contributed by atoms with E-state index in [2.05, 4.69) is 13.8 Å². The SMILES string of the molecule is CCCCC1(CCCC)c2ccc(C(=O)O)cc2-c2c1cc(O)c1cc(OC)ccc21. The first-order chi connectivity index (χ1) is 15.0. The lowest BCUT2D eigenvalue weighted by molar-refractivity contribution is 0.0697. The Balaban J connectivity index is 2.09. The van der Waals surface area contributed by atoms with Gasteiger partial charge in [-0.25, -0.2) is 4.79 Å². The second kappa shape index (κ2) is 8.26. The van der Waals surface area contributed by atoms with E-state index in [1.807, 2.05) is 36.4 Å². The van der Waals surface area contributed by atoms with Crippen LogP contribution in [0.2, 0.25) is 0 Å². The Morgan fingerprint density at radius 1 is 0.935 bits per heavy atom. The predicted octanol–water partition coefficient (Wildman–Crippen LogP) is 6.90. The van der Waals surface area contributed by atoms with Gasteiger partial charge in [-0.05, 0) is 76.9 Å². The summed E-state index contributed by atoms with van der Waals surface area (Å²) < 4.78 is 5.38. The first kappa shape index (κ1) is 21.2. The molecule has 3 aromatic rings. The lowest BCUT2D eigenvalue weighted by atomic mass is 9.70. The van der Waals surface area contributed by atoms with Crippen molar-refractivity contribution in [3.05, 3.63) is 59.2 Å². The highest BCUT2D eigenvalue weighted by Crippen LogP contribution is 2.57. The quantitative estimate of drug-likeness (QED) is 0.417. The fourth-order valence-electron chi connectivity index (χ4n) is 5.25. The van der Waals surface area contributed by atoms with E-state index in [0.29, 0.717) is 11.3 Å². The van der Waals surface area contributed by atoms with E-state index in [1.54, 1.807) is 13.2 Å². The van der Waals surface area contributed by atoms with Crippen LogP contribution in [0, 0.1) is 0 Å². The summed E-state index contributed by atoms with van der Waals surface area (Å²) in [4.78, 5) is 11.8. The van der Waals surface area contributed by atoms with Crippen molar-refractivity contribution >= 4 is 16.7 Å². The van der Waals surface area contributed by atoms with Gasteiger partial charge in [0.05, 0.1) is 12.7 Å². The van der Waals surface area contributed by atoms with E-state index >= 15 is 0 Å². The monoisotopic (exact) mass is 418 g/mol. The molecular formula is C27H30O4. The van der Waals surface area contributed by atoms with Crippen molar-refractivity contribution in [3.63, 3.8) is 0 Å². The van der Waals surface area contributed by atoms with Crippen LogP contribution in [0.25, 0.3) is 21.9 Å². The van der Waals surface area contributed by atoms with Crippen LogP contribution in [0.1, 0.15) is 73.9 Å². The maximum atomic E-state index is 11.8. The largest absolute Gasteiger partial charge is 0.507 e. The Bertz CT molecular complexity index is 1140. The molecule has 4 heteroatoms. The number of rotatable bonds is 8.